The Labute approximate surface area is 161 Å². The molecule has 1 atom stereocenters. The highest BCUT2D eigenvalue weighted by Crippen LogP contribution is 2.24. The van der Waals surface area contributed by atoms with Crippen LogP contribution in [0.15, 0.2) is 42.5 Å². The lowest BCUT2D eigenvalue weighted by Gasteiger charge is -2.38. The minimum absolute atomic E-state index is 0.0263. The third kappa shape index (κ3) is 4.35. The molecule has 0 radical (unpaired) electrons. The molecular weight excluding hydrogens is 340 g/mol. The van der Waals surface area contributed by atoms with Crippen LogP contribution in [0.5, 0.6) is 11.5 Å². The second-order valence-corrected chi connectivity index (χ2v) is 6.97. The fourth-order valence-electron chi connectivity index (χ4n) is 3.43. The van der Waals surface area contributed by atoms with Crippen LogP contribution in [-0.4, -0.2) is 50.2 Å². The van der Waals surface area contributed by atoms with Gasteiger partial charge in [-0.1, -0.05) is 18.2 Å². The summed E-state index contributed by atoms with van der Waals surface area (Å²) < 4.78 is 11.0. The van der Waals surface area contributed by atoms with E-state index in [0.29, 0.717) is 24.6 Å². The van der Waals surface area contributed by atoms with Crippen molar-refractivity contribution in [1.29, 1.82) is 0 Å². The highest BCUT2D eigenvalue weighted by Gasteiger charge is 2.26. The molecule has 1 aliphatic rings. The average Bonchev–Trinajstić information content (AvgIpc) is 2.70. The number of nitrogens with zero attached hydrogens (tertiary/aromatic N) is 2. The maximum Gasteiger partial charge on any atom is 0.263 e. The second-order valence-electron chi connectivity index (χ2n) is 6.97. The summed E-state index contributed by atoms with van der Waals surface area (Å²) in [4.78, 5) is 17.0. The molecule has 0 spiro atoms. The molecule has 27 heavy (non-hydrogen) atoms. The number of amides is 1. The minimum Gasteiger partial charge on any atom is -0.497 e. The van der Waals surface area contributed by atoms with Gasteiger partial charge in [0.1, 0.15) is 11.5 Å². The molecule has 3 rings (SSSR count). The Morgan fingerprint density at radius 2 is 1.67 bits per heavy atom. The number of rotatable bonds is 5. The quantitative estimate of drug-likeness (QED) is 0.811. The normalized spacial score (nSPS) is 15.4. The van der Waals surface area contributed by atoms with Crippen LogP contribution >= 0.6 is 0 Å². The summed E-state index contributed by atoms with van der Waals surface area (Å²) in [6.07, 6.45) is -0.524. The molecule has 1 saturated heterocycles. The van der Waals surface area contributed by atoms with E-state index >= 15 is 0 Å². The standard InChI is InChI=1S/C22H28N2O3/c1-16-7-5-10-21(17(16)2)23-11-13-24(14-12-23)22(25)18(3)27-20-9-6-8-19(15-20)26-4/h5-10,15,18H,11-14H2,1-4H3. The van der Waals surface area contributed by atoms with Crippen LogP contribution in [0.4, 0.5) is 5.69 Å². The lowest BCUT2D eigenvalue weighted by Crippen LogP contribution is -2.52. The minimum atomic E-state index is -0.524. The molecule has 1 heterocycles. The van der Waals surface area contributed by atoms with Crippen molar-refractivity contribution in [1.82, 2.24) is 4.90 Å². The molecule has 5 nitrogen and oxygen atoms in total. The smallest absolute Gasteiger partial charge is 0.263 e. The Morgan fingerprint density at radius 1 is 1.00 bits per heavy atom. The molecule has 0 aliphatic carbocycles. The Morgan fingerprint density at radius 3 is 2.37 bits per heavy atom. The summed E-state index contributed by atoms with van der Waals surface area (Å²) >= 11 is 0. The van der Waals surface area contributed by atoms with E-state index < -0.39 is 6.10 Å². The van der Waals surface area contributed by atoms with Crippen molar-refractivity contribution in [3.8, 4) is 11.5 Å². The number of aryl methyl sites for hydroxylation is 1. The molecule has 0 aromatic heterocycles. The van der Waals surface area contributed by atoms with Gasteiger partial charge >= 0.3 is 0 Å². The van der Waals surface area contributed by atoms with Crippen LogP contribution in [0.25, 0.3) is 0 Å². The predicted molar refractivity (Wildman–Crippen MR) is 108 cm³/mol. The Balaban J connectivity index is 1.58. The van der Waals surface area contributed by atoms with Crippen molar-refractivity contribution in [2.45, 2.75) is 26.9 Å². The molecule has 2 aromatic rings. The number of hydrogen-bond donors (Lipinski definition) is 0. The molecule has 2 aromatic carbocycles. The van der Waals surface area contributed by atoms with Crippen molar-refractivity contribution >= 4 is 11.6 Å². The molecular formula is C22H28N2O3. The SMILES string of the molecule is COc1cccc(OC(C)C(=O)N2CCN(c3cccc(C)c3C)CC2)c1. The fraction of sp³-hybridized carbons (Fsp3) is 0.409. The maximum atomic E-state index is 12.8. The monoisotopic (exact) mass is 368 g/mol. The highest BCUT2D eigenvalue weighted by molar-refractivity contribution is 5.81. The highest BCUT2D eigenvalue weighted by atomic mass is 16.5. The van der Waals surface area contributed by atoms with Crippen molar-refractivity contribution in [2.24, 2.45) is 0 Å². The molecule has 1 unspecified atom stereocenters. The van der Waals surface area contributed by atoms with Gasteiger partial charge in [0.2, 0.25) is 0 Å². The van der Waals surface area contributed by atoms with Gasteiger partial charge in [-0.05, 0) is 50.1 Å². The Bertz CT molecular complexity index is 798. The van der Waals surface area contributed by atoms with Gasteiger partial charge in [-0.25, -0.2) is 0 Å². The van der Waals surface area contributed by atoms with Gasteiger partial charge in [0, 0.05) is 37.9 Å². The van der Waals surface area contributed by atoms with Crippen LogP contribution < -0.4 is 14.4 Å². The van der Waals surface area contributed by atoms with Gasteiger partial charge in [-0.2, -0.15) is 0 Å². The summed E-state index contributed by atoms with van der Waals surface area (Å²) in [5.74, 6) is 1.39. The first kappa shape index (κ1) is 19.1. The van der Waals surface area contributed by atoms with Crippen LogP contribution in [-0.2, 0) is 4.79 Å². The Kier molecular flexibility index (Phi) is 5.89. The van der Waals surface area contributed by atoms with Crippen LogP contribution in [0.1, 0.15) is 18.1 Å². The van der Waals surface area contributed by atoms with Gasteiger partial charge < -0.3 is 19.3 Å². The van der Waals surface area contributed by atoms with E-state index in [1.165, 1.54) is 16.8 Å². The summed E-state index contributed by atoms with van der Waals surface area (Å²) in [5.41, 5.74) is 3.88. The van der Waals surface area contributed by atoms with E-state index in [1.807, 2.05) is 23.1 Å². The average molecular weight is 368 g/mol. The molecule has 0 saturated carbocycles. The number of carbonyl (C=O) groups is 1. The van der Waals surface area contributed by atoms with E-state index in [9.17, 15) is 4.79 Å². The number of hydrogen-bond acceptors (Lipinski definition) is 4. The van der Waals surface area contributed by atoms with Crippen molar-refractivity contribution < 1.29 is 14.3 Å². The number of methoxy groups -OCH3 is 1. The van der Waals surface area contributed by atoms with Gasteiger partial charge in [0.05, 0.1) is 7.11 Å². The number of piperazine rings is 1. The largest absolute Gasteiger partial charge is 0.497 e. The van der Waals surface area contributed by atoms with E-state index in [4.69, 9.17) is 9.47 Å². The van der Waals surface area contributed by atoms with Gasteiger partial charge in [0.15, 0.2) is 6.10 Å². The zero-order chi connectivity index (χ0) is 19.4. The first-order valence-corrected chi connectivity index (χ1v) is 9.40. The third-order valence-electron chi connectivity index (χ3n) is 5.21. The number of ether oxygens (including phenoxy) is 2. The maximum absolute atomic E-state index is 12.8. The van der Waals surface area contributed by atoms with Gasteiger partial charge in [0.25, 0.3) is 5.91 Å². The fourth-order valence-corrected chi connectivity index (χ4v) is 3.43. The number of benzene rings is 2. The molecule has 144 valence electrons. The zero-order valence-electron chi connectivity index (χ0n) is 16.6. The van der Waals surface area contributed by atoms with E-state index in [-0.39, 0.29) is 5.91 Å². The van der Waals surface area contributed by atoms with Crippen LogP contribution in [0, 0.1) is 13.8 Å². The van der Waals surface area contributed by atoms with Crippen LogP contribution in [0.3, 0.4) is 0 Å². The lowest BCUT2D eigenvalue weighted by atomic mass is 10.1. The summed E-state index contributed by atoms with van der Waals surface area (Å²) in [6.45, 7) is 9.18. The second kappa shape index (κ2) is 8.33. The number of anilines is 1. The van der Waals surface area contributed by atoms with E-state index in [2.05, 4.69) is 36.9 Å². The molecule has 5 heteroatoms. The van der Waals surface area contributed by atoms with E-state index in [1.54, 1.807) is 20.1 Å². The molecule has 0 bridgehead atoms. The van der Waals surface area contributed by atoms with Crippen molar-refractivity contribution in [3.63, 3.8) is 0 Å². The first-order chi connectivity index (χ1) is 13.0. The van der Waals surface area contributed by atoms with Gasteiger partial charge in [-0.15, -0.1) is 0 Å². The number of carbonyl (C=O) groups excluding carboxylic acids is 1. The van der Waals surface area contributed by atoms with Gasteiger partial charge in [-0.3, -0.25) is 4.79 Å². The van der Waals surface area contributed by atoms with Crippen LogP contribution in [0.2, 0.25) is 0 Å². The van der Waals surface area contributed by atoms with Crippen molar-refractivity contribution in [3.05, 3.63) is 53.6 Å². The molecule has 1 fully saturated rings. The topological polar surface area (TPSA) is 42.0 Å². The zero-order valence-corrected chi connectivity index (χ0v) is 16.6. The first-order valence-electron chi connectivity index (χ1n) is 9.40. The predicted octanol–water partition coefficient (Wildman–Crippen LogP) is 3.43. The molecule has 0 N–H and O–H groups in total. The third-order valence-corrected chi connectivity index (χ3v) is 5.21. The summed E-state index contributed by atoms with van der Waals surface area (Å²) in [5, 5.41) is 0. The van der Waals surface area contributed by atoms with Crippen molar-refractivity contribution in [2.75, 3.05) is 38.2 Å². The summed E-state index contributed by atoms with van der Waals surface area (Å²) in [6, 6.07) is 13.7. The molecule has 1 amide bonds. The van der Waals surface area contributed by atoms with E-state index in [0.717, 1.165) is 13.1 Å². The molecule has 1 aliphatic heterocycles. The summed E-state index contributed by atoms with van der Waals surface area (Å²) in [7, 11) is 1.61. The lowest BCUT2D eigenvalue weighted by molar-refractivity contribution is -0.138. The Hall–Kier alpha value is -2.69.